The molecule has 1 saturated heterocycles. The Morgan fingerprint density at radius 3 is 2.95 bits per heavy atom. The van der Waals surface area contributed by atoms with Gasteiger partial charge in [-0.25, -0.2) is 9.97 Å². The van der Waals surface area contributed by atoms with Gasteiger partial charge in [0, 0.05) is 38.9 Å². The average molecular weight is 265 g/mol. The second kappa shape index (κ2) is 7.25. The highest BCUT2D eigenvalue weighted by Gasteiger charge is 2.19. The Labute approximate surface area is 114 Å². The Balaban J connectivity index is 1.96. The fourth-order valence-electron chi connectivity index (χ4n) is 2.21. The number of nitrogens with two attached hydrogens (primary N) is 1. The molecule has 2 rings (SSSR count). The Bertz CT molecular complexity index is 381. The summed E-state index contributed by atoms with van der Waals surface area (Å²) in [6.07, 6.45) is 4.65. The monoisotopic (exact) mass is 265 g/mol. The van der Waals surface area contributed by atoms with Crippen LogP contribution in [-0.4, -0.2) is 49.4 Å². The lowest BCUT2D eigenvalue weighted by atomic mass is 10.1. The number of hydrogen-bond donors (Lipinski definition) is 2. The minimum absolute atomic E-state index is 0.501. The van der Waals surface area contributed by atoms with Crippen LogP contribution < -0.4 is 16.0 Å². The van der Waals surface area contributed by atoms with Gasteiger partial charge < -0.3 is 20.7 Å². The fraction of sp³-hybridized carbons (Fsp3) is 0.692. The van der Waals surface area contributed by atoms with Crippen LogP contribution >= 0.6 is 0 Å². The molecule has 6 heteroatoms. The standard InChI is InChI=1S/C13H23N5O/c1-18(11-3-7-19-8-4-11)13-9-12(16-10-17-13)15-6-2-5-14/h9-11H,2-8,14H2,1H3,(H,15,16,17). The van der Waals surface area contributed by atoms with Crippen LogP contribution in [0.25, 0.3) is 0 Å². The summed E-state index contributed by atoms with van der Waals surface area (Å²) in [5, 5.41) is 3.26. The van der Waals surface area contributed by atoms with E-state index in [2.05, 4.69) is 27.2 Å². The van der Waals surface area contributed by atoms with Crippen LogP contribution in [0, 0.1) is 0 Å². The average Bonchev–Trinajstić information content (AvgIpc) is 2.48. The Morgan fingerprint density at radius 2 is 2.21 bits per heavy atom. The van der Waals surface area contributed by atoms with Crippen LogP contribution in [0.5, 0.6) is 0 Å². The molecule has 0 aromatic carbocycles. The molecule has 0 amide bonds. The summed E-state index contributed by atoms with van der Waals surface area (Å²) in [5.74, 6) is 1.81. The topological polar surface area (TPSA) is 76.3 Å². The van der Waals surface area contributed by atoms with E-state index in [1.807, 2.05) is 6.07 Å². The maximum Gasteiger partial charge on any atom is 0.134 e. The van der Waals surface area contributed by atoms with Crippen molar-refractivity contribution in [3.05, 3.63) is 12.4 Å². The van der Waals surface area contributed by atoms with Gasteiger partial charge in [0.15, 0.2) is 0 Å². The Morgan fingerprint density at radius 1 is 1.42 bits per heavy atom. The number of hydrogen-bond acceptors (Lipinski definition) is 6. The minimum atomic E-state index is 0.501. The van der Waals surface area contributed by atoms with Crippen molar-refractivity contribution in [3.8, 4) is 0 Å². The van der Waals surface area contributed by atoms with E-state index in [0.717, 1.165) is 50.7 Å². The molecule has 1 aliphatic rings. The summed E-state index contributed by atoms with van der Waals surface area (Å²) in [6.45, 7) is 3.20. The van der Waals surface area contributed by atoms with Crippen LogP contribution in [0.1, 0.15) is 19.3 Å². The molecule has 0 radical (unpaired) electrons. The van der Waals surface area contributed by atoms with Crippen LogP contribution in [0.2, 0.25) is 0 Å². The lowest BCUT2D eigenvalue weighted by Crippen LogP contribution is -2.37. The second-order valence-corrected chi connectivity index (χ2v) is 4.78. The van der Waals surface area contributed by atoms with Crippen molar-refractivity contribution in [1.29, 1.82) is 0 Å². The molecular formula is C13H23N5O. The van der Waals surface area contributed by atoms with Gasteiger partial charge in [-0.2, -0.15) is 0 Å². The summed E-state index contributed by atoms with van der Waals surface area (Å²) in [7, 11) is 2.09. The highest BCUT2D eigenvalue weighted by molar-refractivity contribution is 5.48. The molecule has 19 heavy (non-hydrogen) atoms. The summed E-state index contributed by atoms with van der Waals surface area (Å²) < 4.78 is 5.39. The first-order valence-corrected chi connectivity index (χ1v) is 6.88. The molecule has 0 saturated carbocycles. The van der Waals surface area contributed by atoms with Gasteiger partial charge in [0.1, 0.15) is 18.0 Å². The van der Waals surface area contributed by atoms with Gasteiger partial charge in [-0.1, -0.05) is 0 Å². The molecule has 0 spiro atoms. The normalized spacial score (nSPS) is 16.3. The number of ether oxygens (including phenoxy) is 1. The number of aromatic nitrogens is 2. The quantitative estimate of drug-likeness (QED) is 0.743. The van der Waals surface area contributed by atoms with Crippen molar-refractivity contribution in [2.45, 2.75) is 25.3 Å². The summed E-state index contributed by atoms with van der Waals surface area (Å²) in [6, 6.07) is 2.49. The molecule has 6 nitrogen and oxygen atoms in total. The third kappa shape index (κ3) is 4.04. The third-order valence-electron chi connectivity index (χ3n) is 3.44. The first-order valence-electron chi connectivity index (χ1n) is 6.88. The first kappa shape index (κ1) is 14.0. The molecule has 106 valence electrons. The molecule has 0 bridgehead atoms. The molecule has 1 fully saturated rings. The predicted octanol–water partition coefficient (Wildman–Crippen LogP) is 0.852. The van der Waals surface area contributed by atoms with Crippen LogP contribution in [0.15, 0.2) is 12.4 Å². The summed E-state index contributed by atoms with van der Waals surface area (Å²) in [5.41, 5.74) is 5.48. The Hall–Kier alpha value is -1.40. The number of anilines is 2. The molecule has 2 heterocycles. The van der Waals surface area contributed by atoms with Crippen molar-refractivity contribution in [2.24, 2.45) is 5.73 Å². The van der Waals surface area contributed by atoms with Crippen molar-refractivity contribution in [3.63, 3.8) is 0 Å². The minimum Gasteiger partial charge on any atom is -0.381 e. The van der Waals surface area contributed by atoms with E-state index in [-0.39, 0.29) is 0 Å². The largest absolute Gasteiger partial charge is 0.381 e. The molecule has 0 aliphatic carbocycles. The van der Waals surface area contributed by atoms with Gasteiger partial charge in [-0.3, -0.25) is 0 Å². The summed E-state index contributed by atoms with van der Waals surface area (Å²) in [4.78, 5) is 10.8. The van der Waals surface area contributed by atoms with E-state index >= 15 is 0 Å². The smallest absolute Gasteiger partial charge is 0.134 e. The van der Waals surface area contributed by atoms with E-state index in [4.69, 9.17) is 10.5 Å². The van der Waals surface area contributed by atoms with E-state index < -0.39 is 0 Å². The molecule has 1 aliphatic heterocycles. The molecule has 0 atom stereocenters. The van der Waals surface area contributed by atoms with Crippen molar-refractivity contribution < 1.29 is 4.74 Å². The molecule has 1 aromatic rings. The molecule has 3 N–H and O–H groups in total. The van der Waals surface area contributed by atoms with Gasteiger partial charge in [0.25, 0.3) is 0 Å². The van der Waals surface area contributed by atoms with E-state index in [0.29, 0.717) is 12.6 Å². The fourth-order valence-corrected chi connectivity index (χ4v) is 2.21. The lowest BCUT2D eigenvalue weighted by Gasteiger charge is -2.32. The van der Waals surface area contributed by atoms with Gasteiger partial charge in [0.05, 0.1) is 0 Å². The van der Waals surface area contributed by atoms with Crippen LogP contribution in [0.3, 0.4) is 0 Å². The maximum absolute atomic E-state index is 5.48. The van der Waals surface area contributed by atoms with E-state index in [1.54, 1.807) is 6.33 Å². The number of nitrogens with one attached hydrogen (secondary N) is 1. The van der Waals surface area contributed by atoms with Gasteiger partial charge in [-0.15, -0.1) is 0 Å². The maximum atomic E-state index is 5.48. The van der Waals surface area contributed by atoms with Gasteiger partial charge in [-0.05, 0) is 25.8 Å². The second-order valence-electron chi connectivity index (χ2n) is 4.78. The van der Waals surface area contributed by atoms with Crippen LogP contribution in [-0.2, 0) is 4.74 Å². The molecule has 1 aromatic heterocycles. The number of rotatable bonds is 6. The summed E-state index contributed by atoms with van der Waals surface area (Å²) >= 11 is 0. The SMILES string of the molecule is CN(c1cc(NCCCN)ncn1)C1CCOCC1. The van der Waals surface area contributed by atoms with Gasteiger partial charge in [0.2, 0.25) is 0 Å². The van der Waals surface area contributed by atoms with E-state index in [9.17, 15) is 0 Å². The highest BCUT2D eigenvalue weighted by atomic mass is 16.5. The molecule has 0 unspecified atom stereocenters. The van der Waals surface area contributed by atoms with Gasteiger partial charge >= 0.3 is 0 Å². The Kier molecular flexibility index (Phi) is 5.35. The number of nitrogens with zero attached hydrogens (tertiary/aromatic N) is 3. The zero-order valence-electron chi connectivity index (χ0n) is 11.5. The van der Waals surface area contributed by atoms with E-state index in [1.165, 1.54) is 0 Å². The first-order chi connectivity index (χ1) is 9.31. The van der Waals surface area contributed by atoms with Crippen molar-refractivity contribution in [2.75, 3.05) is 43.6 Å². The zero-order chi connectivity index (χ0) is 13.5. The molecular weight excluding hydrogens is 242 g/mol. The zero-order valence-corrected chi connectivity index (χ0v) is 11.5. The van der Waals surface area contributed by atoms with Crippen molar-refractivity contribution in [1.82, 2.24) is 9.97 Å². The van der Waals surface area contributed by atoms with Crippen LogP contribution in [0.4, 0.5) is 11.6 Å². The predicted molar refractivity (Wildman–Crippen MR) is 76.4 cm³/mol. The lowest BCUT2D eigenvalue weighted by molar-refractivity contribution is 0.0853. The highest BCUT2D eigenvalue weighted by Crippen LogP contribution is 2.20. The van der Waals surface area contributed by atoms with Crippen molar-refractivity contribution >= 4 is 11.6 Å². The third-order valence-corrected chi connectivity index (χ3v) is 3.44.